The molecule has 45 heavy (non-hydrogen) atoms. The standard InChI is InChI=1S/C34H40BrN7O3/c1-39-16-25(13-26(17-39)37-29-14-36-40(2)33(45)31(29)35)23-5-3-22(4-6-23)15-41-18-34(19-41)20-42(21-34)27-9-7-24(8-10-27)28-11-12-30(43)38-32(28)44/h3-10,14,25-26,28,37H,11-13,15-21H2,1-2H3,(H,38,43,44)/t25-,26+,28?/m0/s1. The van der Waals surface area contributed by atoms with Crippen molar-refractivity contribution in [1.29, 1.82) is 0 Å². The highest BCUT2D eigenvalue weighted by Gasteiger charge is 2.51. The van der Waals surface area contributed by atoms with Crippen LogP contribution in [0.4, 0.5) is 11.4 Å². The first-order valence-electron chi connectivity index (χ1n) is 15.8. The summed E-state index contributed by atoms with van der Waals surface area (Å²) in [5.74, 6) is -0.171. The zero-order valence-corrected chi connectivity index (χ0v) is 27.4. The van der Waals surface area contributed by atoms with Crippen molar-refractivity contribution < 1.29 is 9.59 Å². The molecule has 3 aromatic rings. The summed E-state index contributed by atoms with van der Waals surface area (Å²) in [6.45, 7) is 7.27. The third-order valence-electron chi connectivity index (χ3n) is 10.00. The van der Waals surface area contributed by atoms with E-state index in [1.807, 2.05) is 12.1 Å². The van der Waals surface area contributed by atoms with E-state index in [-0.39, 0.29) is 29.3 Å². The Morgan fingerprint density at radius 3 is 2.38 bits per heavy atom. The number of nitrogens with zero attached hydrogens (tertiary/aromatic N) is 5. The highest BCUT2D eigenvalue weighted by Crippen LogP contribution is 2.43. The van der Waals surface area contributed by atoms with E-state index in [1.165, 1.54) is 21.5 Å². The lowest BCUT2D eigenvalue weighted by Crippen LogP contribution is -2.71. The normalized spacial score (nSPS) is 25.0. The summed E-state index contributed by atoms with van der Waals surface area (Å²) in [5.41, 5.74) is 5.88. The van der Waals surface area contributed by atoms with E-state index in [1.54, 1.807) is 13.2 Å². The van der Waals surface area contributed by atoms with Crippen molar-refractivity contribution in [3.63, 3.8) is 0 Å². The molecule has 0 bridgehead atoms. The lowest BCUT2D eigenvalue weighted by atomic mass is 9.72. The monoisotopic (exact) mass is 673 g/mol. The molecule has 4 aliphatic heterocycles. The third-order valence-corrected chi connectivity index (χ3v) is 10.8. The minimum atomic E-state index is -0.232. The van der Waals surface area contributed by atoms with E-state index in [9.17, 15) is 14.4 Å². The van der Waals surface area contributed by atoms with Gasteiger partial charge in [0.05, 0.1) is 17.8 Å². The van der Waals surface area contributed by atoms with Crippen LogP contribution in [0.5, 0.6) is 0 Å². The third kappa shape index (κ3) is 6.17. The molecular formula is C34H40BrN7O3. The Morgan fingerprint density at radius 1 is 0.956 bits per heavy atom. The van der Waals surface area contributed by atoms with Crippen LogP contribution in [0.1, 0.15) is 47.8 Å². The highest BCUT2D eigenvalue weighted by molar-refractivity contribution is 9.10. The van der Waals surface area contributed by atoms with E-state index in [4.69, 9.17) is 0 Å². The van der Waals surface area contributed by atoms with E-state index < -0.39 is 0 Å². The molecule has 0 radical (unpaired) electrons. The number of halogens is 1. The van der Waals surface area contributed by atoms with Crippen molar-refractivity contribution in [3.05, 3.63) is 86.2 Å². The van der Waals surface area contributed by atoms with Crippen molar-refractivity contribution in [3.8, 4) is 0 Å². The predicted octanol–water partition coefficient (Wildman–Crippen LogP) is 3.29. The van der Waals surface area contributed by atoms with Crippen LogP contribution < -0.4 is 21.1 Å². The average molecular weight is 675 g/mol. The number of amides is 2. The number of nitrogens with one attached hydrogen (secondary N) is 2. The Hall–Kier alpha value is -3.54. The lowest BCUT2D eigenvalue weighted by Gasteiger charge is -2.61. The van der Waals surface area contributed by atoms with Crippen LogP contribution >= 0.6 is 15.9 Å². The maximum Gasteiger partial charge on any atom is 0.282 e. The van der Waals surface area contributed by atoms with E-state index in [0.29, 0.717) is 28.6 Å². The summed E-state index contributed by atoms with van der Waals surface area (Å²) >= 11 is 3.44. The zero-order valence-electron chi connectivity index (χ0n) is 25.8. The molecule has 3 atom stereocenters. The number of benzene rings is 2. The summed E-state index contributed by atoms with van der Waals surface area (Å²) in [5, 5.41) is 10.2. The van der Waals surface area contributed by atoms with Gasteiger partial charge in [0.2, 0.25) is 11.8 Å². The van der Waals surface area contributed by atoms with Crippen molar-refractivity contribution >= 4 is 39.1 Å². The average Bonchev–Trinajstić information content (AvgIpc) is 2.98. The number of hydrogen-bond acceptors (Lipinski definition) is 8. The van der Waals surface area contributed by atoms with Crippen LogP contribution in [0.2, 0.25) is 0 Å². The Labute approximate surface area is 271 Å². The summed E-state index contributed by atoms with van der Waals surface area (Å²) < 4.78 is 1.86. The minimum Gasteiger partial charge on any atom is -0.379 e. The fourth-order valence-electron chi connectivity index (χ4n) is 7.74. The van der Waals surface area contributed by atoms with Gasteiger partial charge in [-0.2, -0.15) is 5.10 Å². The first-order chi connectivity index (χ1) is 21.6. The van der Waals surface area contributed by atoms with Gasteiger partial charge in [0.25, 0.3) is 5.56 Å². The Morgan fingerprint density at radius 2 is 1.67 bits per heavy atom. The summed E-state index contributed by atoms with van der Waals surface area (Å²) in [7, 11) is 3.81. The van der Waals surface area contributed by atoms with Gasteiger partial charge in [0.1, 0.15) is 4.47 Å². The molecule has 5 heterocycles. The van der Waals surface area contributed by atoms with E-state index in [0.717, 1.165) is 63.5 Å². The number of carbonyl (C=O) groups excluding carboxylic acids is 2. The number of piperidine rings is 2. The van der Waals surface area contributed by atoms with Gasteiger partial charge < -0.3 is 15.1 Å². The molecule has 0 aliphatic carbocycles. The van der Waals surface area contributed by atoms with Crippen LogP contribution in [-0.4, -0.2) is 83.8 Å². The smallest absolute Gasteiger partial charge is 0.282 e. The molecule has 11 heteroatoms. The molecule has 4 fully saturated rings. The second-order valence-corrected chi connectivity index (χ2v) is 14.4. The maximum absolute atomic E-state index is 12.3. The molecule has 1 aromatic heterocycles. The maximum atomic E-state index is 12.3. The predicted molar refractivity (Wildman–Crippen MR) is 177 cm³/mol. The fraction of sp³-hybridized carbons (Fsp3) is 0.471. The lowest BCUT2D eigenvalue weighted by molar-refractivity contribution is -0.134. The molecule has 2 aromatic carbocycles. The van der Waals surface area contributed by atoms with Gasteiger partial charge in [-0.25, -0.2) is 4.68 Å². The number of hydrogen-bond donors (Lipinski definition) is 2. The molecule has 1 spiro atoms. The topological polar surface area (TPSA) is 103 Å². The summed E-state index contributed by atoms with van der Waals surface area (Å²) in [4.78, 5) is 43.3. The summed E-state index contributed by atoms with van der Waals surface area (Å²) in [6, 6.07) is 17.7. The van der Waals surface area contributed by atoms with Gasteiger partial charge in [-0.3, -0.25) is 24.6 Å². The molecule has 10 nitrogen and oxygen atoms in total. The number of anilines is 2. The van der Waals surface area contributed by atoms with Crippen molar-refractivity contribution in [2.45, 2.75) is 43.7 Å². The van der Waals surface area contributed by atoms with Crippen LogP contribution in [0, 0.1) is 5.41 Å². The number of rotatable bonds is 7. The molecular weight excluding hydrogens is 634 g/mol. The first-order valence-corrected chi connectivity index (χ1v) is 16.6. The molecule has 2 N–H and O–H groups in total. The molecule has 0 saturated carbocycles. The number of likely N-dealkylation sites (tertiary alicyclic amines) is 2. The Balaban J connectivity index is 0.888. The van der Waals surface area contributed by atoms with Gasteiger partial charge in [0.15, 0.2) is 0 Å². The quantitative estimate of drug-likeness (QED) is 0.369. The van der Waals surface area contributed by atoms with Crippen molar-refractivity contribution in [2.75, 3.05) is 56.5 Å². The van der Waals surface area contributed by atoms with Crippen molar-refractivity contribution in [1.82, 2.24) is 24.9 Å². The van der Waals surface area contributed by atoms with Gasteiger partial charge in [-0.05, 0) is 70.6 Å². The second kappa shape index (κ2) is 12.0. The largest absolute Gasteiger partial charge is 0.379 e. The number of likely N-dealkylation sites (N-methyl/N-ethyl adjacent to an activating group) is 1. The molecule has 2 amide bonds. The molecule has 1 unspecified atom stereocenters. The van der Waals surface area contributed by atoms with Gasteiger partial charge in [-0.1, -0.05) is 36.4 Å². The number of aromatic nitrogens is 2. The number of carbonyl (C=O) groups is 2. The molecule has 4 saturated heterocycles. The van der Waals surface area contributed by atoms with Crippen LogP contribution in [0.3, 0.4) is 0 Å². The Kier molecular flexibility index (Phi) is 8.03. The van der Waals surface area contributed by atoms with Crippen LogP contribution in [0.25, 0.3) is 0 Å². The second-order valence-electron chi connectivity index (χ2n) is 13.6. The van der Waals surface area contributed by atoms with Crippen LogP contribution in [0.15, 0.2) is 64.0 Å². The van der Waals surface area contributed by atoms with Gasteiger partial charge >= 0.3 is 0 Å². The van der Waals surface area contributed by atoms with Crippen LogP contribution in [-0.2, 0) is 23.2 Å². The number of aryl methyl sites for hydroxylation is 1. The van der Waals surface area contributed by atoms with E-state index in [2.05, 4.69) is 89.8 Å². The highest BCUT2D eigenvalue weighted by atomic mass is 79.9. The van der Waals surface area contributed by atoms with Gasteiger partial charge in [0, 0.05) is 76.4 Å². The van der Waals surface area contributed by atoms with Crippen molar-refractivity contribution in [2.24, 2.45) is 12.5 Å². The molecule has 4 aliphatic rings. The Bertz CT molecular complexity index is 1640. The fourth-order valence-corrected chi connectivity index (χ4v) is 8.21. The minimum absolute atomic E-state index is 0.141. The zero-order chi connectivity index (χ0) is 31.3. The first kappa shape index (κ1) is 30.1. The molecule has 236 valence electrons. The molecule has 7 rings (SSSR count). The summed E-state index contributed by atoms with van der Waals surface area (Å²) in [6.07, 6.45) is 3.70. The van der Waals surface area contributed by atoms with E-state index >= 15 is 0 Å². The SMILES string of the molecule is CN1C[C@H](Nc2cnn(C)c(=O)c2Br)C[C@H](c2ccc(CN3CC4(C3)CN(c3ccc(C5CCC(=O)NC5=O)cc3)C4)cc2)C1. The number of imide groups is 1. The van der Waals surface area contributed by atoms with Gasteiger partial charge in [-0.15, -0.1) is 0 Å².